The lowest BCUT2D eigenvalue weighted by Gasteiger charge is -2.21. The summed E-state index contributed by atoms with van der Waals surface area (Å²) in [6.45, 7) is 7.47. The zero-order valence-electron chi connectivity index (χ0n) is 10.9. The largest absolute Gasteiger partial charge is 0.340 e. The van der Waals surface area contributed by atoms with Crippen molar-refractivity contribution in [1.29, 1.82) is 0 Å². The van der Waals surface area contributed by atoms with E-state index in [4.69, 9.17) is 4.84 Å². The van der Waals surface area contributed by atoms with Gasteiger partial charge in [0.05, 0.1) is 11.1 Å². The predicted molar refractivity (Wildman–Crippen MR) is 65.2 cm³/mol. The maximum atomic E-state index is 11.5. The first kappa shape index (κ1) is 13.2. The van der Waals surface area contributed by atoms with Crippen LogP contribution in [0.3, 0.4) is 0 Å². The molecule has 16 heavy (non-hydrogen) atoms. The van der Waals surface area contributed by atoms with Crippen LogP contribution in [-0.2, 0) is 9.63 Å². The van der Waals surface area contributed by atoms with E-state index in [2.05, 4.69) is 5.16 Å². The predicted octanol–water partition coefficient (Wildman–Crippen LogP) is 3.53. The molecule has 1 rings (SSSR count). The zero-order chi connectivity index (χ0) is 12.2. The highest BCUT2D eigenvalue weighted by Crippen LogP contribution is 2.25. The summed E-state index contributed by atoms with van der Waals surface area (Å²) < 4.78 is 0. The molecular formula is C13H23NO2. The molecule has 0 N–H and O–H groups in total. The molecule has 0 aliphatic heterocycles. The zero-order valence-corrected chi connectivity index (χ0v) is 10.9. The highest BCUT2D eigenvalue weighted by molar-refractivity contribution is 5.85. The van der Waals surface area contributed by atoms with Crippen LogP contribution in [0.15, 0.2) is 5.16 Å². The second-order valence-electron chi connectivity index (χ2n) is 5.70. The Kier molecular flexibility index (Phi) is 4.51. The van der Waals surface area contributed by atoms with E-state index in [9.17, 15) is 4.79 Å². The van der Waals surface area contributed by atoms with Crippen molar-refractivity contribution < 1.29 is 9.63 Å². The second-order valence-corrected chi connectivity index (χ2v) is 5.70. The third-order valence-corrected chi connectivity index (χ3v) is 3.08. The molecule has 92 valence electrons. The standard InChI is InChI=1S/C13H23NO2/c1-10(11-8-6-5-7-9-11)14-16-12(15)13(2,3)4/h11H,5-9H2,1-4H3. The van der Waals surface area contributed by atoms with E-state index in [1.54, 1.807) is 0 Å². The summed E-state index contributed by atoms with van der Waals surface area (Å²) >= 11 is 0. The average molecular weight is 225 g/mol. The van der Waals surface area contributed by atoms with Gasteiger partial charge in [0.25, 0.3) is 0 Å². The number of hydrogen-bond donors (Lipinski definition) is 0. The number of carbonyl (C=O) groups is 1. The van der Waals surface area contributed by atoms with Crippen molar-refractivity contribution in [2.24, 2.45) is 16.5 Å². The molecule has 1 saturated carbocycles. The molecule has 0 radical (unpaired) electrons. The van der Waals surface area contributed by atoms with E-state index >= 15 is 0 Å². The molecule has 0 amide bonds. The second kappa shape index (κ2) is 5.46. The molecule has 3 nitrogen and oxygen atoms in total. The molecule has 0 aromatic heterocycles. The van der Waals surface area contributed by atoms with Crippen LogP contribution >= 0.6 is 0 Å². The fraction of sp³-hybridized carbons (Fsp3) is 0.846. The molecule has 0 aromatic carbocycles. The lowest BCUT2D eigenvalue weighted by atomic mass is 9.86. The molecular weight excluding hydrogens is 202 g/mol. The van der Waals surface area contributed by atoms with E-state index in [1.165, 1.54) is 32.1 Å². The van der Waals surface area contributed by atoms with Gasteiger partial charge in [0.15, 0.2) is 0 Å². The van der Waals surface area contributed by atoms with E-state index in [-0.39, 0.29) is 5.97 Å². The maximum absolute atomic E-state index is 11.5. The summed E-state index contributed by atoms with van der Waals surface area (Å²) in [4.78, 5) is 16.5. The molecule has 3 heteroatoms. The van der Waals surface area contributed by atoms with Gasteiger partial charge in [-0.3, -0.25) is 0 Å². The summed E-state index contributed by atoms with van der Waals surface area (Å²) in [7, 11) is 0. The monoisotopic (exact) mass is 225 g/mol. The van der Waals surface area contributed by atoms with Gasteiger partial charge in [-0.05, 0) is 40.5 Å². The van der Waals surface area contributed by atoms with Crippen molar-refractivity contribution in [3.8, 4) is 0 Å². The van der Waals surface area contributed by atoms with E-state index in [1.807, 2.05) is 27.7 Å². The van der Waals surface area contributed by atoms with Gasteiger partial charge in [-0.2, -0.15) is 0 Å². The summed E-state index contributed by atoms with van der Waals surface area (Å²) in [5.41, 5.74) is 0.494. The van der Waals surface area contributed by atoms with Crippen molar-refractivity contribution in [2.75, 3.05) is 0 Å². The Morgan fingerprint density at radius 3 is 2.25 bits per heavy atom. The van der Waals surface area contributed by atoms with Crippen molar-refractivity contribution in [3.63, 3.8) is 0 Å². The summed E-state index contributed by atoms with van der Waals surface area (Å²) in [6, 6.07) is 0. The van der Waals surface area contributed by atoms with Crippen molar-refractivity contribution in [1.82, 2.24) is 0 Å². The third kappa shape index (κ3) is 3.95. The lowest BCUT2D eigenvalue weighted by Crippen LogP contribution is -2.22. The van der Waals surface area contributed by atoms with Gasteiger partial charge >= 0.3 is 5.97 Å². The molecule has 0 heterocycles. The number of rotatable bonds is 2. The van der Waals surface area contributed by atoms with Crippen molar-refractivity contribution in [3.05, 3.63) is 0 Å². The highest BCUT2D eigenvalue weighted by Gasteiger charge is 2.24. The van der Waals surface area contributed by atoms with Gasteiger partial charge in [-0.25, -0.2) is 4.79 Å². The van der Waals surface area contributed by atoms with Crippen LogP contribution in [0.25, 0.3) is 0 Å². The molecule has 0 unspecified atom stereocenters. The van der Waals surface area contributed by atoms with Gasteiger partial charge in [0, 0.05) is 5.92 Å². The normalized spacial score (nSPS) is 19.6. The summed E-state index contributed by atoms with van der Waals surface area (Å²) in [5, 5.41) is 3.98. The molecule has 0 bridgehead atoms. The summed E-state index contributed by atoms with van der Waals surface area (Å²) in [5.74, 6) is 0.254. The SMILES string of the molecule is CC(=NOC(=O)C(C)(C)C)C1CCCCC1. The van der Waals surface area contributed by atoms with E-state index in [0.29, 0.717) is 5.92 Å². The Bertz CT molecular complexity index is 270. The van der Waals surface area contributed by atoms with Crippen LogP contribution in [0.5, 0.6) is 0 Å². The van der Waals surface area contributed by atoms with Gasteiger partial charge in [0.2, 0.25) is 0 Å². The Hall–Kier alpha value is -0.860. The maximum Gasteiger partial charge on any atom is 0.340 e. The Morgan fingerprint density at radius 1 is 1.19 bits per heavy atom. The number of nitrogens with zero attached hydrogens (tertiary/aromatic N) is 1. The Morgan fingerprint density at radius 2 is 1.75 bits per heavy atom. The smallest absolute Gasteiger partial charge is 0.318 e. The van der Waals surface area contributed by atoms with Gasteiger partial charge in [-0.1, -0.05) is 24.4 Å². The minimum atomic E-state index is -0.476. The minimum Gasteiger partial charge on any atom is -0.318 e. The number of oxime groups is 1. The molecule has 1 fully saturated rings. The van der Waals surface area contributed by atoms with Crippen LogP contribution in [-0.4, -0.2) is 11.7 Å². The molecule has 1 aliphatic carbocycles. The molecule has 1 aliphatic rings. The fourth-order valence-corrected chi connectivity index (χ4v) is 1.85. The highest BCUT2D eigenvalue weighted by atomic mass is 16.7. The first-order chi connectivity index (χ1) is 7.41. The average Bonchev–Trinajstić information content (AvgIpc) is 2.25. The number of carbonyl (C=O) groups excluding carboxylic acids is 1. The minimum absolute atomic E-state index is 0.261. The van der Waals surface area contributed by atoms with Gasteiger partial charge in [-0.15, -0.1) is 0 Å². The first-order valence-corrected chi connectivity index (χ1v) is 6.17. The van der Waals surface area contributed by atoms with Crippen molar-refractivity contribution in [2.45, 2.75) is 59.8 Å². The van der Waals surface area contributed by atoms with E-state index in [0.717, 1.165) is 5.71 Å². The van der Waals surface area contributed by atoms with Gasteiger partial charge < -0.3 is 4.84 Å². The Labute approximate surface area is 98.2 Å². The van der Waals surface area contributed by atoms with Crippen LogP contribution < -0.4 is 0 Å². The molecule has 0 saturated heterocycles. The Balaban J connectivity index is 2.47. The molecule has 0 spiro atoms. The fourth-order valence-electron chi connectivity index (χ4n) is 1.85. The van der Waals surface area contributed by atoms with Crippen LogP contribution in [0, 0.1) is 11.3 Å². The first-order valence-electron chi connectivity index (χ1n) is 6.17. The molecule has 0 aromatic rings. The van der Waals surface area contributed by atoms with Crippen LogP contribution in [0.4, 0.5) is 0 Å². The number of hydrogen-bond acceptors (Lipinski definition) is 3. The van der Waals surface area contributed by atoms with Crippen LogP contribution in [0.2, 0.25) is 0 Å². The molecule has 0 atom stereocenters. The topological polar surface area (TPSA) is 38.7 Å². The van der Waals surface area contributed by atoms with Crippen LogP contribution in [0.1, 0.15) is 59.8 Å². The third-order valence-electron chi connectivity index (χ3n) is 3.08. The van der Waals surface area contributed by atoms with Gasteiger partial charge in [0.1, 0.15) is 0 Å². The lowest BCUT2D eigenvalue weighted by molar-refractivity contribution is -0.153. The van der Waals surface area contributed by atoms with E-state index < -0.39 is 5.41 Å². The summed E-state index contributed by atoms with van der Waals surface area (Å²) in [6.07, 6.45) is 6.23. The van der Waals surface area contributed by atoms with Crippen molar-refractivity contribution >= 4 is 11.7 Å². The quantitative estimate of drug-likeness (QED) is 0.409.